The number of nitrogens with zero attached hydrogens (tertiary/aromatic N) is 7. The van der Waals surface area contributed by atoms with Gasteiger partial charge in [0.1, 0.15) is 17.1 Å². The van der Waals surface area contributed by atoms with E-state index < -0.39 is 5.97 Å². The van der Waals surface area contributed by atoms with Crippen molar-refractivity contribution >= 4 is 62.6 Å². The Morgan fingerprint density at radius 3 is 2.29 bits per heavy atom. The number of halogens is 2. The van der Waals surface area contributed by atoms with Crippen molar-refractivity contribution in [3.05, 3.63) is 97.5 Å². The number of hydrogen-bond donors (Lipinski definition) is 1. The second-order valence-electron chi connectivity index (χ2n) is 16.6. The highest BCUT2D eigenvalue weighted by molar-refractivity contribution is 6.35. The van der Waals surface area contributed by atoms with Crippen LogP contribution < -0.4 is 9.64 Å². The molecule has 310 valence electrons. The first-order valence-electron chi connectivity index (χ1n) is 20.5. The summed E-state index contributed by atoms with van der Waals surface area (Å²) in [4.78, 5) is 34.7. The fourth-order valence-corrected chi connectivity index (χ4v) is 9.75. The number of aromatic carboxylic acids is 1. The largest absolute Gasteiger partial charge is 0.494 e. The Kier molecular flexibility index (Phi) is 11.1. The third-order valence-corrected chi connectivity index (χ3v) is 13.5. The normalized spacial score (nSPS) is 16.5. The number of ether oxygens (including phenoxy) is 1. The van der Waals surface area contributed by atoms with E-state index in [9.17, 15) is 9.90 Å². The number of benzene rings is 3. The molecule has 59 heavy (non-hydrogen) atoms. The molecule has 1 atom stereocenters. The highest BCUT2D eigenvalue weighted by Gasteiger charge is 2.38. The Morgan fingerprint density at radius 2 is 1.63 bits per heavy atom. The van der Waals surface area contributed by atoms with Crippen LogP contribution in [0.3, 0.4) is 0 Å². The molecule has 1 fully saturated rings. The van der Waals surface area contributed by atoms with Gasteiger partial charge >= 0.3 is 5.97 Å². The van der Waals surface area contributed by atoms with Gasteiger partial charge in [-0.25, -0.2) is 4.79 Å². The molecule has 0 aliphatic carbocycles. The minimum absolute atomic E-state index is 0.128. The van der Waals surface area contributed by atoms with Crippen molar-refractivity contribution in [2.45, 2.75) is 59.9 Å². The molecule has 0 radical (unpaired) electrons. The van der Waals surface area contributed by atoms with Gasteiger partial charge in [0.25, 0.3) is 5.91 Å². The van der Waals surface area contributed by atoms with Crippen molar-refractivity contribution in [3.8, 4) is 16.9 Å². The molecule has 2 aliphatic rings. The zero-order chi connectivity index (χ0) is 42.0. The van der Waals surface area contributed by atoms with E-state index in [4.69, 9.17) is 33.0 Å². The maximum atomic E-state index is 15.5. The van der Waals surface area contributed by atoms with E-state index in [2.05, 4.69) is 40.5 Å². The molecule has 6 aromatic rings. The molecule has 11 nitrogen and oxygen atoms in total. The number of anilines is 1. The number of amides is 1. The first kappa shape index (κ1) is 40.9. The van der Waals surface area contributed by atoms with E-state index in [1.54, 1.807) is 17.7 Å². The summed E-state index contributed by atoms with van der Waals surface area (Å²) in [5, 5.41) is 18.1. The van der Waals surface area contributed by atoms with Crippen LogP contribution in [0.5, 0.6) is 5.75 Å². The van der Waals surface area contributed by atoms with Crippen LogP contribution in [-0.4, -0.2) is 98.6 Å². The summed E-state index contributed by atoms with van der Waals surface area (Å²) in [5.41, 5.74) is 10.8. The Bertz CT molecular complexity index is 2630. The summed E-state index contributed by atoms with van der Waals surface area (Å²) < 4.78 is 12.1. The zero-order valence-electron chi connectivity index (χ0n) is 35.2. The number of carboxylic acid groups (broad SMARTS) is 1. The van der Waals surface area contributed by atoms with Gasteiger partial charge < -0.3 is 33.7 Å². The lowest BCUT2D eigenvalue weighted by Gasteiger charge is -2.35. The topological polar surface area (TPSA) is 101 Å². The molecule has 13 heteroatoms. The summed E-state index contributed by atoms with van der Waals surface area (Å²) in [6.07, 6.45) is 2.02. The fourth-order valence-electron chi connectivity index (χ4n) is 9.39. The van der Waals surface area contributed by atoms with Crippen molar-refractivity contribution in [2.24, 2.45) is 14.1 Å². The Hall–Kier alpha value is -4.81. The van der Waals surface area contributed by atoms with Crippen LogP contribution in [0.1, 0.15) is 74.0 Å². The number of fused-ring (bicyclic) bond motifs is 4. The van der Waals surface area contributed by atoms with Crippen molar-refractivity contribution in [1.82, 2.24) is 28.7 Å². The summed E-state index contributed by atoms with van der Waals surface area (Å²) in [6.45, 7) is 15.9. The fraction of sp³-hybridized carbons (Fsp3) is 0.413. The zero-order valence-corrected chi connectivity index (χ0v) is 36.8. The molecule has 0 saturated carbocycles. The Labute approximate surface area is 355 Å². The van der Waals surface area contributed by atoms with E-state index >= 15 is 4.79 Å². The van der Waals surface area contributed by atoms with Crippen LogP contribution in [0.25, 0.3) is 32.9 Å². The molecule has 0 bridgehead atoms. The molecule has 2 aliphatic heterocycles. The smallest absolute Gasteiger partial charge is 0.352 e. The first-order valence-corrected chi connectivity index (χ1v) is 21.2. The molecule has 1 unspecified atom stereocenters. The highest BCUT2D eigenvalue weighted by atomic mass is 35.5. The molecule has 3 aromatic carbocycles. The molecule has 1 amide bonds. The number of carboxylic acids is 1. The summed E-state index contributed by atoms with van der Waals surface area (Å²) in [5.74, 6) is -0.372. The number of rotatable bonds is 11. The minimum Gasteiger partial charge on any atom is -0.494 e. The molecule has 5 heterocycles. The lowest BCUT2D eigenvalue weighted by Crippen LogP contribution is -2.45. The van der Waals surface area contributed by atoms with Gasteiger partial charge in [0.15, 0.2) is 0 Å². The second kappa shape index (κ2) is 16.0. The first-order chi connectivity index (χ1) is 28.1. The molecule has 1 saturated heterocycles. The van der Waals surface area contributed by atoms with E-state index in [0.29, 0.717) is 36.7 Å². The maximum absolute atomic E-state index is 15.5. The average Bonchev–Trinajstić information content (AvgIpc) is 3.80. The lowest BCUT2D eigenvalue weighted by atomic mass is 9.98. The average molecular weight is 839 g/mol. The minimum atomic E-state index is -1.01. The van der Waals surface area contributed by atoms with E-state index in [1.165, 1.54) is 0 Å². The summed E-state index contributed by atoms with van der Waals surface area (Å²) >= 11 is 13.6. The molecular formula is C46H53Cl2N7O4. The van der Waals surface area contributed by atoms with Crippen LogP contribution in [-0.2, 0) is 26.9 Å². The van der Waals surface area contributed by atoms with Gasteiger partial charge in [-0.1, -0.05) is 29.3 Å². The molecule has 3 aromatic heterocycles. The van der Waals surface area contributed by atoms with Crippen LogP contribution in [0.4, 0.5) is 5.69 Å². The van der Waals surface area contributed by atoms with Crippen molar-refractivity contribution in [2.75, 3.05) is 57.8 Å². The van der Waals surface area contributed by atoms with Gasteiger partial charge in [-0.15, -0.1) is 0 Å². The molecule has 8 rings (SSSR count). The molecule has 0 spiro atoms. The predicted molar refractivity (Wildman–Crippen MR) is 237 cm³/mol. The number of aryl methyl sites for hydroxylation is 6. The highest BCUT2D eigenvalue weighted by Crippen LogP contribution is 2.46. The van der Waals surface area contributed by atoms with Crippen LogP contribution in [0.15, 0.2) is 42.5 Å². The summed E-state index contributed by atoms with van der Waals surface area (Å²) in [6, 6.07) is 13.7. The quantitative estimate of drug-likeness (QED) is 0.130. The number of carbonyl (C=O) groups is 2. The Morgan fingerprint density at radius 1 is 0.915 bits per heavy atom. The van der Waals surface area contributed by atoms with Crippen molar-refractivity contribution < 1.29 is 19.4 Å². The standard InChI is InChI=1S/C46H53Cl2N7O4/c1-26-20-33(21-27(2)41(26)48)59-19-9-10-34-35-11-12-36(47)40(39-29(4)49-52(8)30(39)5)43(35)55-28(3)25-54(45(56)44(34)55)37-23-31(13-14-53-17-15-50(6)16-18-53)22-32-24-38(46(57)58)51(7)42(32)37/h11-12,20-24,28H,9-10,13-19,25H2,1-8H3,(H,57,58). The van der Waals surface area contributed by atoms with E-state index in [1.807, 2.05) is 68.6 Å². The van der Waals surface area contributed by atoms with Gasteiger partial charge in [-0.05, 0) is 120 Å². The second-order valence-corrected chi connectivity index (χ2v) is 17.4. The lowest BCUT2D eigenvalue weighted by molar-refractivity contribution is 0.0687. The van der Waals surface area contributed by atoms with Gasteiger partial charge in [0.2, 0.25) is 0 Å². The number of hydrogen-bond acceptors (Lipinski definition) is 6. The molecule has 1 N–H and O–H groups in total. The number of carbonyl (C=O) groups excluding carboxylic acids is 1. The Balaban J connectivity index is 1.25. The van der Waals surface area contributed by atoms with E-state index in [0.717, 1.165) is 122 Å². The summed E-state index contributed by atoms with van der Waals surface area (Å²) in [7, 11) is 5.86. The van der Waals surface area contributed by atoms with E-state index in [-0.39, 0.29) is 17.6 Å². The van der Waals surface area contributed by atoms with Crippen molar-refractivity contribution in [3.63, 3.8) is 0 Å². The third kappa shape index (κ3) is 7.30. The SMILES string of the molecule is Cc1cc(OCCCc2c3n(c4c(-c5c(C)nn(C)c5C)c(Cl)ccc24)C(C)CN(c2cc(CCN4CCN(C)CC4)cc4cc(C(=O)O)n(C)c24)C3=O)cc(C)c1Cl. The van der Waals surface area contributed by atoms with Gasteiger partial charge in [-0.3, -0.25) is 9.48 Å². The number of piperazine rings is 1. The molecular weight excluding hydrogens is 785 g/mol. The van der Waals surface area contributed by atoms with Crippen LogP contribution in [0.2, 0.25) is 10.0 Å². The van der Waals surface area contributed by atoms with Crippen molar-refractivity contribution in [1.29, 1.82) is 0 Å². The van der Waals surface area contributed by atoms with Gasteiger partial charge in [-0.2, -0.15) is 5.10 Å². The number of likely N-dealkylation sites (N-methyl/N-ethyl adjacent to an activating group) is 1. The van der Waals surface area contributed by atoms with Gasteiger partial charge in [0.05, 0.1) is 34.0 Å². The van der Waals surface area contributed by atoms with Gasteiger partial charge in [0, 0.05) is 92.0 Å². The van der Waals surface area contributed by atoms with Crippen LogP contribution in [0, 0.1) is 27.7 Å². The monoisotopic (exact) mass is 837 g/mol. The number of aromatic nitrogens is 4. The van der Waals surface area contributed by atoms with Crippen LogP contribution >= 0.6 is 23.2 Å². The maximum Gasteiger partial charge on any atom is 0.352 e. The third-order valence-electron chi connectivity index (χ3n) is 12.6. The predicted octanol–water partition coefficient (Wildman–Crippen LogP) is 8.80.